The van der Waals surface area contributed by atoms with Crippen molar-refractivity contribution in [2.24, 2.45) is 0 Å². The van der Waals surface area contributed by atoms with Gasteiger partial charge in [0, 0.05) is 30.6 Å². The highest BCUT2D eigenvalue weighted by Gasteiger charge is 2.14. The van der Waals surface area contributed by atoms with Gasteiger partial charge in [-0.05, 0) is 42.8 Å². The van der Waals surface area contributed by atoms with E-state index in [-0.39, 0.29) is 17.1 Å². The molecule has 0 aromatic carbocycles. The number of hydrogen-bond donors (Lipinski definition) is 1. The summed E-state index contributed by atoms with van der Waals surface area (Å²) in [5, 5.41) is 9.28. The Morgan fingerprint density at radius 3 is 1.88 bits per heavy atom. The predicted molar refractivity (Wildman–Crippen MR) is 119 cm³/mol. The SMILES string of the molecule is Cc1cc(-c2cc(C(=O)O)ccn2)nc(-c2cc(OC=O)cc(-c3cc(OC=O)ccn3)n2)c1. The number of carboxylic acid groups (broad SMARTS) is 1. The summed E-state index contributed by atoms with van der Waals surface area (Å²) >= 11 is 0. The summed E-state index contributed by atoms with van der Waals surface area (Å²) in [5.41, 5.74) is 3.27. The molecule has 0 atom stereocenters. The van der Waals surface area contributed by atoms with Crippen molar-refractivity contribution in [2.75, 3.05) is 0 Å². The largest absolute Gasteiger partial charge is 0.478 e. The molecule has 0 aliphatic heterocycles. The first-order valence-corrected chi connectivity index (χ1v) is 9.84. The third-order valence-corrected chi connectivity index (χ3v) is 4.66. The van der Waals surface area contributed by atoms with Gasteiger partial charge in [-0.2, -0.15) is 0 Å². The number of aryl methyl sites for hydroxylation is 1. The maximum absolute atomic E-state index is 11.3. The van der Waals surface area contributed by atoms with E-state index >= 15 is 0 Å². The second kappa shape index (κ2) is 9.65. The highest BCUT2D eigenvalue weighted by atomic mass is 16.5. The van der Waals surface area contributed by atoms with Gasteiger partial charge < -0.3 is 14.6 Å². The van der Waals surface area contributed by atoms with Gasteiger partial charge in [0.1, 0.15) is 11.5 Å². The zero-order valence-corrected chi connectivity index (χ0v) is 17.7. The molecule has 10 heteroatoms. The van der Waals surface area contributed by atoms with Crippen LogP contribution in [-0.4, -0.2) is 44.0 Å². The molecule has 4 heterocycles. The Kier molecular flexibility index (Phi) is 6.31. The smallest absolute Gasteiger partial charge is 0.335 e. The van der Waals surface area contributed by atoms with Gasteiger partial charge in [0.25, 0.3) is 12.9 Å². The zero-order chi connectivity index (χ0) is 24.1. The van der Waals surface area contributed by atoms with Crippen LogP contribution in [0.15, 0.2) is 60.9 Å². The van der Waals surface area contributed by atoms with Crippen molar-refractivity contribution in [1.29, 1.82) is 0 Å². The number of rotatable bonds is 8. The Hall–Kier alpha value is -4.99. The molecule has 0 unspecified atom stereocenters. The van der Waals surface area contributed by atoms with E-state index in [1.165, 1.54) is 48.8 Å². The van der Waals surface area contributed by atoms with Crippen LogP contribution < -0.4 is 9.47 Å². The third kappa shape index (κ3) is 4.91. The molecule has 4 aromatic heterocycles. The predicted octanol–water partition coefficient (Wildman–Crippen LogP) is 3.34. The van der Waals surface area contributed by atoms with Crippen LogP contribution in [0.1, 0.15) is 15.9 Å². The second-order valence-corrected chi connectivity index (χ2v) is 7.03. The van der Waals surface area contributed by atoms with Crippen molar-refractivity contribution in [1.82, 2.24) is 19.9 Å². The van der Waals surface area contributed by atoms with Crippen LogP contribution in [0.25, 0.3) is 34.2 Å². The van der Waals surface area contributed by atoms with E-state index in [2.05, 4.69) is 19.9 Å². The van der Waals surface area contributed by atoms with E-state index in [1.807, 2.05) is 6.92 Å². The van der Waals surface area contributed by atoms with E-state index in [4.69, 9.17) is 9.47 Å². The second-order valence-electron chi connectivity index (χ2n) is 7.03. The van der Waals surface area contributed by atoms with Gasteiger partial charge in [-0.1, -0.05) is 0 Å². The van der Waals surface area contributed by atoms with Crippen molar-refractivity contribution in [3.8, 4) is 45.7 Å². The highest BCUT2D eigenvalue weighted by Crippen LogP contribution is 2.30. The van der Waals surface area contributed by atoms with Crippen LogP contribution >= 0.6 is 0 Å². The number of aromatic nitrogens is 4. The fourth-order valence-corrected chi connectivity index (χ4v) is 3.20. The monoisotopic (exact) mass is 456 g/mol. The van der Waals surface area contributed by atoms with E-state index in [9.17, 15) is 19.5 Å². The number of nitrogens with zero attached hydrogens (tertiary/aromatic N) is 4. The number of carbonyl (C=O) groups is 3. The third-order valence-electron chi connectivity index (χ3n) is 4.66. The molecule has 0 saturated heterocycles. The minimum Gasteiger partial charge on any atom is -0.478 e. The Balaban J connectivity index is 1.83. The molecule has 0 radical (unpaired) electrons. The van der Waals surface area contributed by atoms with Crippen LogP contribution in [0, 0.1) is 6.92 Å². The molecular weight excluding hydrogens is 440 g/mol. The van der Waals surface area contributed by atoms with E-state index in [0.29, 0.717) is 47.1 Å². The molecule has 0 bridgehead atoms. The quantitative estimate of drug-likeness (QED) is 0.392. The minimum absolute atomic E-state index is 0.0835. The normalized spacial score (nSPS) is 10.4. The Labute approximate surface area is 192 Å². The molecule has 0 saturated carbocycles. The average molecular weight is 456 g/mol. The van der Waals surface area contributed by atoms with Crippen molar-refractivity contribution in [3.63, 3.8) is 0 Å². The van der Waals surface area contributed by atoms with Gasteiger partial charge in [-0.25, -0.2) is 14.8 Å². The lowest BCUT2D eigenvalue weighted by molar-refractivity contribution is -0.121. The molecule has 168 valence electrons. The molecule has 0 fully saturated rings. The maximum atomic E-state index is 11.3. The number of ether oxygens (including phenoxy) is 2. The summed E-state index contributed by atoms with van der Waals surface area (Å²) in [6, 6.07) is 12.5. The van der Waals surface area contributed by atoms with Gasteiger partial charge >= 0.3 is 5.97 Å². The summed E-state index contributed by atoms with van der Waals surface area (Å²) < 4.78 is 9.92. The number of hydrogen-bond acceptors (Lipinski definition) is 9. The first kappa shape index (κ1) is 22.2. The van der Waals surface area contributed by atoms with Crippen LogP contribution in [-0.2, 0) is 9.59 Å². The van der Waals surface area contributed by atoms with E-state index in [1.54, 1.807) is 12.1 Å². The van der Waals surface area contributed by atoms with Gasteiger partial charge in [0.15, 0.2) is 0 Å². The maximum Gasteiger partial charge on any atom is 0.335 e. The average Bonchev–Trinajstić information content (AvgIpc) is 2.84. The summed E-state index contributed by atoms with van der Waals surface area (Å²) in [7, 11) is 0. The Bertz CT molecular complexity index is 1410. The summed E-state index contributed by atoms with van der Waals surface area (Å²) in [6.07, 6.45) is 2.85. The zero-order valence-electron chi connectivity index (χ0n) is 17.7. The minimum atomic E-state index is -1.07. The standard InChI is InChI=1S/C24H16N4O6/c1-14-6-20(18-8-15(24(31)32)2-4-25-18)27-21(7-14)23-11-17(34-13-30)10-22(28-23)19-9-16(33-12-29)3-5-26-19/h2-13H,1H3,(H,31,32). The van der Waals surface area contributed by atoms with Crippen LogP contribution in [0.5, 0.6) is 11.5 Å². The molecule has 4 rings (SSSR count). The first-order chi connectivity index (χ1) is 16.5. The number of pyridine rings is 4. The van der Waals surface area contributed by atoms with Crippen LogP contribution in [0.2, 0.25) is 0 Å². The van der Waals surface area contributed by atoms with Crippen LogP contribution in [0.3, 0.4) is 0 Å². The fourth-order valence-electron chi connectivity index (χ4n) is 3.20. The van der Waals surface area contributed by atoms with Gasteiger partial charge in [0.2, 0.25) is 0 Å². The Morgan fingerprint density at radius 2 is 1.24 bits per heavy atom. The fraction of sp³-hybridized carbons (Fsp3) is 0.0417. The molecule has 0 amide bonds. The summed E-state index contributed by atoms with van der Waals surface area (Å²) in [5.74, 6) is -0.602. The summed E-state index contributed by atoms with van der Waals surface area (Å²) in [4.78, 5) is 50.7. The number of carboxylic acids is 1. The van der Waals surface area contributed by atoms with Crippen molar-refractivity contribution >= 4 is 18.9 Å². The first-order valence-electron chi connectivity index (χ1n) is 9.84. The molecular formula is C24H16N4O6. The topological polar surface area (TPSA) is 141 Å². The van der Waals surface area contributed by atoms with Crippen molar-refractivity contribution in [3.05, 3.63) is 72.1 Å². The van der Waals surface area contributed by atoms with Gasteiger partial charge in [0.05, 0.1) is 39.7 Å². The molecule has 1 N–H and O–H groups in total. The van der Waals surface area contributed by atoms with Gasteiger partial charge in [-0.3, -0.25) is 19.6 Å². The Morgan fingerprint density at radius 1 is 0.735 bits per heavy atom. The van der Waals surface area contributed by atoms with Crippen molar-refractivity contribution < 1.29 is 29.0 Å². The molecule has 34 heavy (non-hydrogen) atoms. The molecule has 0 aliphatic carbocycles. The molecule has 0 spiro atoms. The number of aromatic carboxylic acids is 1. The highest BCUT2D eigenvalue weighted by molar-refractivity contribution is 5.88. The molecule has 10 nitrogen and oxygen atoms in total. The lowest BCUT2D eigenvalue weighted by Crippen LogP contribution is -2.00. The number of carbonyl (C=O) groups excluding carboxylic acids is 2. The van der Waals surface area contributed by atoms with E-state index < -0.39 is 5.97 Å². The van der Waals surface area contributed by atoms with Crippen LogP contribution in [0.4, 0.5) is 0 Å². The summed E-state index contributed by atoms with van der Waals surface area (Å²) in [6.45, 7) is 2.44. The molecule has 0 aliphatic rings. The van der Waals surface area contributed by atoms with E-state index in [0.717, 1.165) is 5.56 Å². The lowest BCUT2D eigenvalue weighted by atomic mass is 10.1. The van der Waals surface area contributed by atoms with Crippen molar-refractivity contribution in [2.45, 2.75) is 6.92 Å². The van der Waals surface area contributed by atoms with Gasteiger partial charge in [-0.15, -0.1) is 0 Å². The lowest BCUT2D eigenvalue weighted by Gasteiger charge is -2.10. The molecule has 4 aromatic rings.